The smallest absolute Gasteiger partial charge is 0.128 e. The SMILES string of the molecule is NC(CO)c1cc(Cl)ccc1F. The average Bonchev–Trinajstić information content (AvgIpc) is 2.08. The molecular formula is C8H9ClFNO. The molecule has 0 bridgehead atoms. The van der Waals surface area contributed by atoms with Gasteiger partial charge >= 0.3 is 0 Å². The lowest BCUT2D eigenvalue weighted by Crippen LogP contribution is -2.15. The number of nitrogens with two attached hydrogens (primary N) is 1. The second kappa shape index (κ2) is 3.85. The summed E-state index contributed by atoms with van der Waals surface area (Å²) >= 11 is 5.61. The highest BCUT2D eigenvalue weighted by Gasteiger charge is 2.10. The van der Waals surface area contributed by atoms with Crippen molar-refractivity contribution < 1.29 is 9.50 Å². The molecule has 0 saturated carbocycles. The second-order valence-electron chi connectivity index (χ2n) is 2.45. The summed E-state index contributed by atoms with van der Waals surface area (Å²) in [6, 6.07) is 3.37. The Kier molecular flexibility index (Phi) is 3.03. The van der Waals surface area contributed by atoms with Crippen molar-refractivity contribution in [3.63, 3.8) is 0 Å². The van der Waals surface area contributed by atoms with Crippen LogP contribution < -0.4 is 5.73 Å². The number of rotatable bonds is 2. The van der Waals surface area contributed by atoms with E-state index < -0.39 is 11.9 Å². The molecule has 1 unspecified atom stereocenters. The Bertz CT molecular complexity index is 280. The van der Waals surface area contributed by atoms with Gasteiger partial charge in [0, 0.05) is 10.6 Å². The fourth-order valence-electron chi connectivity index (χ4n) is 0.897. The van der Waals surface area contributed by atoms with Gasteiger partial charge in [-0.3, -0.25) is 0 Å². The molecule has 0 aliphatic rings. The Morgan fingerprint density at radius 2 is 2.25 bits per heavy atom. The van der Waals surface area contributed by atoms with E-state index in [0.717, 1.165) is 0 Å². The first kappa shape index (κ1) is 9.45. The van der Waals surface area contributed by atoms with Crippen molar-refractivity contribution in [1.82, 2.24) is 0 Å². The Hall–Kier alpha value is -0.640. The third-order valence-corrected chi connectivity index (χ3v) is 1.79. The molecule has 0 aromatic heterocycles. The summed E-state index contributed by atoms with van der Waals surface area (Å²) < 4.78 is 13.0. The average molecular weight is 190 g/mol. The number of halogens is 2. The molecule has 12 heavy (non-hydrogen) atoms. The van der Waals surface area contributed by atoms with Gasteiger partial charge in [-0.05, 0) is 18.2 Å². The van der Waals surface area contributed by atoms with E-state index in [0.29, 0.717) is 5.02 Å². The van der Waals surface area contributed by atoms with Crippen LogP contribution in [-0.2, 0) is 0 Å². The van der Waals surface area contributed by atoms with E-state index in [1.807, 2.05) is 0 Å². The van der Waals surface area contributed by atoms with Crippen LogP contribution in [0.2, 0.25) is 5.02 Å². The summed E-state index contributed by atoms with van der Waals surface area (Å²) in [6.45, 7) is -0.294. The third-order valence-electron chi connectivity index (χ3n) is 1.55. The van der Waals surface area contributed by atoms with Crippen molar-refractivity contribution in [3.05, 3.63) is 34.6 Å². The summed E-state index contributed by atoms with van der Waals surface area (Å²) in [5.74, 6) is -0.444. The zero-order chi connectivity index (χ0) is 9.14. The first-order chi connectivity index (χ1) is 5.65. The van der Waals surface area contributed by atoms with E-state index >= 15 is 0 Å². The molecule has 3 N–H and O–H groups in total. The first-order valence-corrected chi connectivity index (χ1v) is 3.84. The molecule has 4 heteroatoms. The highest BCUT2D eigenvalue weighted by atomic mass is 35.5. The first-order valence-electron chi connectivity index (χ1n) is 3.46. The molecule has 1 atom stereocenters. The quantitative estimate of drug-likeness (QED) is 0.740. The minimum Gasteiger partial charge on any atom is -0.394 e. The van der Waals surface area contributed by atoms with E-state index in [9.17, 15) is 4.39 Å². The molecule has 0 spiro atoms. The molecule has 0 fully saturated rings. The minimum atomic E-state index is -0.705. The normalized spacial score (nSPS) is 13.0. The number of hydrogen-bond donors (Lipinski definition) is 2. The van der Waals surface area contributed by atoms with Crippen molar-refractivity contribution in [3.8, 4) is 0 Å². The standard InChI is InChI=1S/C8H9ClFNO/c9-5-1-2-7(10)6(3-5)8(11)4-12/h1-3,8,12H,4,11H2. The highest BCUT2D eigenvalue weighted by molar-refractivity contribution is 6.30. The third kappa shape index (κ3) is 1.94. The van der Waals surface area contributed by atoms with Crippen LogP contribution in [0.1, 0.15) is 11.6 Å². The molecule has 1 rings (SSSR count). The van der Waals surface area contributed by atoms with Gasteiger partial charge < -0.3 is 10.8 Å². The fraction of sp³-hybridized carbons (Fsp3) is 0.250. The molecule has 1 aromatic carbocycles. The number of aliphatic hydroxyl groups is 1. The van der Waals surface area contributed by atoms with E-state index in [-0.39, 0.29) is 12.2 Å². The van der Waals surface area contributed by atoms with E-state index in [4.69, 9.17) is 22.4 Å². The van der Waals surface area contributed by atoms with Crippen molar-refractivity contribution in [2.45, 2.75) is 6.04 Å². The van der Waals surface area contributed by atoms with Gasteiger partial charge in [-0.15, -0.1) is 0 Å². The maximum Gasteiger partial charge on any atom is 0.128 e. The second-order valence-corrected chi connectivity index (χ2v) is 2.89. The van der Waals surface area contributed by atoms with Crippen molar-refractivity contribution in [2.75, 3.05) is 6.61 Å². The molecular weight excluding hydrogens is 181 g/mol. The number of hydrogen-bond acceptors (Lipinski definition) is 2. The van der Waals surface area contributed by atoms with E-state index in [1.165, 1.54) is 18.2 Å². The maximum atomic E-state index is 13.0. The van der Waals surface area contributed by atoms with E-state index in [1.54, 1.807) is 0 Å². The van der Waals surface area contributed by atoms with Crippen molar-refractivity contribution >= 4 is 11.6 Å². The van der Waals surface area contributed by atoms with Crippen LogP contribution in [0.5, 0.6) is 0 Å². The molecule has 1 aromatic rings. The van der Waals surface area contributed by atoms with Crippen LogP contribution in [0, 0.1) is 5.82 Å². The summed E-state index contributed by atoms with van der Waals surface area (Å²) in [5.41, 5.74) is 5.66. The van der Waals surface area contributed by atoms with Crippen LogP contribution in [0.15, 0.2) is 18.2 Å². The van der Waals surface area contributed by atoms with Crippen LogP contribution in [0.25, 0.3) is 0 Å². The Morgan fingerprint density at radius 3 is 2.83 bits per heavy atom. The monoisotopic (exact) mass is 189 g/mol. The Balaban J connectivity index is 3.04. The predicted molar refractivity (Wildman–Crippen MR) is 45.4 cm³/mol. The lowest BCUT2D eigenvalue weighted by Gasteiger charge is -2.09. The Morgan fingerprint density at radius 1 is 1.58 bits per heavy atom. The van der Waals surface area contributed by atoms with Gasteiger partial charge in [-0.25, -0.2) is 4.39 Å². The molecule has 2 nitrogen and oxygen atoms in total. The van der Waals surface area contributed by atoms with Gasteiger partial charge in [-0.1, -0.05) is 11.6 Å². The highest BCUT2D eigenvalue weighted by Crippen LogP contribution is 2.19. The predicted octanol–water partition coefficient (Wildman–Crippen LogP) is 1.47. The van der Waals surface area contributed by atoms with Gasteiger partial charge in [0.2, 0.25) is 0 Å². The summed E-state index contributed by atoms with van der Waals surface area (Å²) in [5, 5.41) is 9.08. The van der Waals surface area contributed by atoms with E-state index in [2.05, 4.69) is 0 Å². The largest absolute Gasteiger partial charge is 0.394 e. The molecule has 0 aliphatic carbocycles. The van der Waals surface area contributed by atoms with Gasteiger partial charge in [0.25, 0.3) is 0 Å². The maximum absolute atomic E-state index is 13.0. The summed E-state index contributed by atoms with van der Waals surface area (Å²) in [7, 11) is 0. The lowest BCUT2D eigenvalue weighted by molar-refractivity contribution is 0.265. The van der Waals surface area contributed by atoms with Crippen LogP contribution in [0.4, 0.5) is 4.39 Å². The molecule has 66 valence electrons. The molecule has 0 heterocycles. The summed E-state index contributed by atoms with van der Waals surface area (Å²) in [4.78, 5) is 0. The summed E-state index contributed by atoms with van der Waals surface area (Å²) in [6.07, 6.45) is 0. The van der Waals surface area contributed by atoms with Gasteiger partial charge in [-0.2, -0.15) is 0 Å². The lowest BCUT2D eigenvalue weighted by atomic mass is 10.1. The molecule has 0 aliphatic heterocycles. The number of aliphatic hydroxyl groups excluding tert-OH is 1. The zero-order valence-electron chi connectivity index (χ0n) is 6.30. The molecule has 0 amide bonds. The van der Waals surface area contributed by atoms with Gasteiger partial charge in [0.15, 0.2) is 0 Å². The van der Waals surface area contributed by atoms with Crippen LogP contribution in [0.3, 0.4) is 0 Å². The number of benzene rings is 1. The fourth-order valence-corrected chi connectivity index (χ4v) is 1.08. The van der Waals surface area contributed by atoms with Gasteiger partial charge in [0.05, 0.1) is 12.6 Å². The minimum absolute atomic E-state index is 0.241. The topological polar surface area (TPSA) is 46.2 Å². The Labute approximate surface area is 74.8 Å². The van der Waals surface area contributed by atoms with Crippen molar-refractivity contribution in [2.24, 2.45) is 5.73 Å². The zero-order valence-corrected chi connectivity index (χ0v) is 7.05. The molecule has 0 saturated heterocycles. The van der Waals surface area contributed by atoms with Gasteiger partial charge in [0.1, 0.15) is 5.82 Å². The van der Waals surface area contributed by atoms with Crippen LogP contribution in [-0.4, -0.2) is 11.7 Å². The van der Waals surface area contributed by atoms with Crippen LogP contribution >= 0.6 is 11.6 Å². The van der Waals surface area contributed by atoms with Crippen molar-refractivity contribution in [1.29, 1.82) is 0 Å². The molecule has 0 radical (unpaired) electrons.